The zero-order valence-corrected chi connectivity index (χ0v) is 58.8. The van der Waals surface area contributed by atoms with Crippen LogP contribution in [0.2, 0.25) is 0 Å². The van der Waals surface area contributed by atoms with E-state index in [0.717, 1.165) is 11.1 Å². The van der Waals surface area contributed by atoms with Gasteiger partial charge in [0.05, 0.1) is 25.4 Å². The number of ether oxygens (including phenoxy) is 2. The Bertz CT molecular complexity index is 3890. The van der Waals surface area contributed by atoms with Gasteiger partial charge in [-0.25, -0.2) is 4.39 Å². The van der Waals surface area contributed by atoms with Gasteiger partial charge < -0.3 is 84.2 Å². The van der Waals surface area contributed by atoms with Gasteiger partial charge in [0.25, 0.3) is 0 Å². The Hall–Kier alpha value is -9.60. The number of aliphatic hydroxyl groups is 1. The minimum Gasteiger partial charge on any atom is -0.497 e. The fourth-order valence-corrected chi connectivity index (χ4v) is 14.3. The number of methoxy groups -OCH3 is 1. The summed E-state index contributed by atoms with van der Waals surface area (Å²) in [7, 11) is 1.50. The summed E-state index contributed by atoms with van der Waals surface area (Å²) in [4.78, 5) is 166. The van der Waals surface area contributed by atoms with Crippen molar-refractivity contribution in [2.45, 2.75) is 184 Å². The molecule has 26 nitrogen and oxygen atoms in total. The number of nitrogens with one attached hydrogen (secondary N) is 7. The van der Waals surface area contributed by atoms with Gasteiger partial charge in [0.15, 0.2) is 11.8 Å². The molecule has 7 heterocycles. The van der Waals surface area contributed by atoms with Crippen LogP contribution in [0.15, 0.2) is 97.2 Å². The fourth-order valence-electron chi connectivity index (χ4n) is 14.3. The lowest BCUT2D eigenvalue weighted by atomic mass is 9.88. The molecule has 2 fully saturated rings. The number of carbonyl (C=O) groups is 11. The minimum atomic E-state index is -1.81. The van der Waals surface area contributed by atoms with E-state index in [0.29, 0.717) is 90.5 Å². The molecule has 0 radical (unpaired) electrons. The van der Waals surface area contributed by atoms with Gasteiger partial charge in [-0.15, -0.1) is 0 Å². The average Bonchev–Trinajstić information content (AvgIpc) is 1.60. The second-order valence-corrected chi connectivity index (χ2v) is 27.5. The summed E-state index contributed by atoms with van der Waals surface area (Å²) in [6.07, 6.45) is 1.08. The molecule has 27 heteroatoms. The smallest absolute Gasteiger partial charge is 0.249 e. The maximum absolute atomic E-state index is 16.1. The van der Waals surface area contributed by atoms with Gasteiger partial charge in [-0.1, -0.05) is 73.5 Å². The molecule has 102 heavy (non-hydrogen) atoms. The van der Waals surface area contributed by atoms with Gasteiger partial charge in [-0.05, 0) is 136 Å². The number of hydrogen-bond acceptors (Lipinski definition) is 14. The molecule has 1 aromatic heterocycles. The van der Waals surface area contributed by atoms with Crippen molar-refractivity contribution in [3.8, 4) is 5.75 Å². The molecule has 6 aliphatic rings. The number of amides is 10. The zero-order valence-electron chi connectivity index (χ0n) is 58.8. The van der Waals surface area contributed by atoms with Crippen LogP contribution in [0.1, 0.15) is 118 Å². The van der Waals surface area contributed by atoms with Gasteiger partial charge in [-0.2, -0.15) is 0 Å². The number of fused-ring (bicyclic) bond motifs is 16. The lowest BCUT2D eigenvalue weighted by Crippen LogP contribution is -2.66. The van der Waals surface area contributed by atoms with E-state index in [1.54, 1.807) is 66.4 Å². The van der Waals surface area contributed by atoms with Crippen molar-refractivity contribution in [2.24, 2.45) is 5.92 Å². The standard InChI is InChI=1S/C74H93FN12O14.CH3/c1-44-67(93)82-58(39-76)68(94)80-56-35-49-11-9-12-50(33-49)40-78-63(91)43-101-61-26-32-86-66(61)70(96)83-65(45(2)88)69(95)81-57(34-47-17-20-54(100-4)21-18-47)72(98)87-31-10-27-74(87,3)73(99)77-28-25-46-13-15-48(16-14-46)41-85(64(92)24-23-62(90)79-44)30-8-6-5-7-29-84-42-52(36-51(71(86)97)37-60(56)89)55-38-53(75)19-22-59(55)84;/h9,11-22,33,38,42,44-45,51,56-58,61,65-66,88H,5-8,10,23-32,34-37,39-41,43,76H2,1-4H3,(H,77,99)(H,78,91)(H,79,90)(H,80,94)(H,81,95)(H,82,93)(H,83,96);1H3/q;-1/p+1/t44-,45+,51+,56-,57-,58+,61-,65-,66-,74-;/m0./s1. The molecule has 0 unspecified atom stereocenters. The summed E-state index contributed by atoms with van der Waals surface area (Å²) in [5, 5.41) is 31.5. The minimum absolute atomic E-state index is 0. The maximum Gasteiger partial charge on any atom is 0.249 e. The first kappa shape index (κ1) is 76.6. The van der Waals surface area contributed by atoms with Gasteiger partial charge in [0, 0.05) is 94.5 Å². The van der Waals surface area contributed by atoms with E-state index in [4.69, 9.17) is 9.47 Å². The number of quaternary nitrogens is 1. The summed E-state index contributed by atoms with van der Waals surface area (Å²) in [6, 6.07) is 16.8. The highest BCUT2D eigenvalue weighted by Crippen LogP contribution is 2.34. The third kappa shape index (κ3) is 18.9. The van der Waals surface area contributed by atoms with Crippen LogP contribution in [0, 0.1) is 19.2 Å². The normalized spacial score (nSPS) is 26.0. The molecule has 5 aromatic rings. The first-order valence-electron chi connectivity index (χ1n) is 35.1. The molecule has 11 N–H and O–H groups in total. The SMILES string of the molecule is COc1ccc(C[C@@H]2NC(=O)[C@H]([C@@H](C)O)NC(=O)[C@@H]3[C@@H]4CCN3C(=O)[C@H]3CC(=O)[C@H](Cc5cccc(c5)CNC(=O)CO4)NC(=O)[C@@H](C[NH3+])NC(=O)[C@H](C)NC(=O)CCC(=O)N(CCCCCCn4cc(c5cc(F)ccc54)C3)Cc3ccc(cc3)CCNC(=O)[C@]3(C)CCCN3C2=O)cc1.[CH3-]. The number of hydrogen-bond donors (Lipinski definition) is 9. The van der Waals surface area contributed by atoms with Crippen LogP contribution in [0.3, 0.4) is 0 Å². The summed E-state index contributed by atoms with van der Waals surface area (Å²) >= 11 is 0. The number of aliphatic hydroxyl groups excluding tert-OH is 1. The molecule has 12 bridgehead atoms. The lowest BCUT2D eigenvalue weighted by Gasteiger charge is -2.37. The number of ketones is 1. The van der Waals surface area contributed by atoms with Crippen LogP contribution < -0.4 is 47.7 Å². The van der Waals surface area contributed by atoms with Gasteiger partial charge >= 0.3 is 0 Å². The Balaban J connectivity index is 0.0000121. The number of benzene rings is 4. The number of aryl methyl sites for hydroxylation is 1. The number of carbonyl (C=O) groups excluding carboxylic acids is 11. The van der Waals surface area contributed by atoms with Crippen LogP contribution in [-0.2, 0) is 103 Å². The molecule has 0 aliphatic carbocycles. The van der Waals surface area contributed by atoms with E-state index in [1.165, 1.54) is 42.9 Å². The number of rotatable bonds is 5. The average molecular weight is 1410 g/mol. The van der Waals surface area contributed by atoms with Crippen molar-refractivity contribution >= 4 is 75.8 Å². The number of Topliss-reactive ketones (excluding diaryl/α,β-unsaturated/α-hetero) is 1. The summed E-state index contributed by atoms with van der Waals surface area (Å²) in [5.41, 5.74) is 7.03. The van der Waals surface area contributed by atoms with E-state index in [2.05, 4.69) is 43.0 Å². The van der Waals surface area contributed by atoms with Crippen molar-refractivity contribution in [1.82, 2.24) is 56.5 Å². The van der Waals surface area contributed by atoms with E-state index in [1.807, 2.05) is 35.0 Å². The van der Waals surface area contributed by atoms with Crippen molar-refractivity contribution in [1.29, 1.82) is 0 Å². The van der Waals surface area contributed by atoms with Crippen molar-refractivity contribution in [3.63, 3.8) is 0 Å². The predicted octanol–water partition coefficient (Wildman–Crippen LogP) is 1.96. The van der Waals surface area contributed by atoms with E-state index in [9.17, 15) is 33.9 Å². The summed E-state index contributed by atoms with van der Waals surface area (Å²) in [5.74, 6) is -8.97. The Morgan fingerprint density at radius 2 is 1.42 bits per heavy atom. The van der Waals surface area contributed by atoms with Crippen molar-refractivity contribution < 1.29 is 77.4 Å². The van der Waals surface area contributed by atoms with Crippen LogP contribution >= 0.6 is 0 Å². The Kier molecular flexibility index (Phi) is 26.2. The van der Waals surface area contributed by atoms with Crippen molar-refractivity contribution in [3.05, 3.63) is 144 Å². The van der Waals surface area contributed by atoms with Gasteiger partial charge in [0.2, 0.25) is 59.1 Å². The molecule has 0 spiro atoms. The van der Waals surface area contributed by atoms with Crippen LogP contribution in [0.4, 0.5) is 4.39 Å². The molecule has 10 amide bonds. The molecule has 4 aromatic carbocycles. The molecular weight excluding hydrogens is 1310 g/mol. The highest BCUT2D eigenvalue weighted by molar-refractivity contribution is 6.00. The van der Waals surface area contributed by atoms with E-state index >= 15 is 28.4 Å². The molecule has 11 rings (SSSR count). The number of nitrogens with zero attached hydrogens (tertiary/aromatic N) is 4. The highest BCUT2D eigenvalue weighted by atomic mass is 19.1. The van der Waals surface area contributed by atoms with E-state index < -0.39 is 138 Å². The molecular formula is C75H97FN12O14. The molecule has 10 atom stereocenters. The van der Waals surface area contributed by atoms with E-state index in [-0.39, 0.29) is 97.5 Å². The van der Waals surface area contributed by atoms with Gasteiger partial charge in [-0.3, -0.25) is 52.7 Å². The third-order valence-corrected chi connectivity index (χ3v) is 20.1. The monoisotopic (exact) mass is 1410 g/mol. The quantitative estimate of drug-likeness (QED) is 0.114. The first-order valence-corrected chi connectivity index (χ1v) is 35.1. The van der Waals surface area contributed by atoms with Crippen LogP contribution in [0.25, 0.3) is 10.9 Å². The summed E-state index contributed by atoms with van der Waals surface area (Å²) < 4.78 is 29.3. The predicted molar refractivity (Wildman–Crippen MR) is 374 cm³/mol. The molecule has 548 valence electrons. The van der Waals surface area contributed by atoms with Crippen LogP contribution in [-0.4, -0.2) is 190 Å². The summed E-state index contributed by atoms with van der Waals surface area (Å²) in [6.45, 7) is 4.64. The Morgan fingerprint density at radius 3 is 2.16 bits per heavy atom. The second-order valence-electron chi connectivity index (χ2n) is 27.5. The van der Waals surface area contributed by atoms with Crippen molar-refractivity contribution in [2.75, 3.05) is 46.4 Å². The molecule has 0 saturated carbocycles. The molecule has 6 aliphatic heterocycles. The Morgan fingerprint density at radius 1 is 0.696 bits per heavy atom. The maximum atomic E-state index is 16.1. The van der Waals surface area contributed by atoms with Gasteiger partial charge in [0.1, 0.15) is 54.4 Å². The zero-order chi connectivity index (χ0) is 72.1. The lowest BCUT2D eigenvalue weighted by molar-refractivity contribution is -0.370. The number of aromatic nitrogens is 1. The first-order chi connectivity index (χ1) is 48.5. The Labute approximate surface area is 593 Å². The fraction of sp³-hybridized carbons (Fsp3) is 0.493. The highest BCUT2D eigenvalue weighted by Gasteiger charge is 2.50. The number of halogens is 1. The third-order valence-electron chi connectivity index (χ3n) is 20.1. The van der Waals surface area contributed by atoms with Crippen LogP contribution in [0.5, 0.6) is 5.75 Å². The topological polar surface area (TPSA) is 353 Å². The largest absolute Gasteiger partial charge is 0.497 e. The second kappa shape index (κ2) is 34.8. The molecule has 2 saturated heterocycles.